The van der Waals surface area contributed by atoms with Gasteiger partial charge in [0.05, 0.1) is 18.5 Å². The molecule has 1 amide bonds. The van der Waals surface area contributed by atoms with Crippen molar-refractivity contribution < 1.29 is 9.53 Å². The second-order valence-corrected chi connectivity index (χ2v) is 4.11. The third-order valence-corrected chi connectivity index (χ3v) is 2.81. The molecule has 1 unspecified atom stereocenters. The summed E-state index contributed by atoms with van der Waals surface area (Å²) < 4.78 is 5.47. The highest BCUT2D eigenvalue weighted by molar-refractivity contribution is 5.91. The zero-order valence-corrected chi connectivity index (χ0v) is 10.1. The summed E-state index contributed by atoms with van der Waals surface area (Å²) in [4.78, 5) is 19.6. The van der Waals surface area contributed by atoms with E-state index >= 15 is 0 Å². The van der Waals surface area contributed by atoms with E-state index in [4.69, 9.17) is 10.6 Å². The fraction of sp³-hybridized carbons (Fsp3) is 0.545. The molecular formula is C11H17N5O2. The van der Waals surface area contributed by atoms with Gasteiger partial charge in [-0.2, -0.15) is 0 Å². The number of carbonyl (C=O) groups is 1. The highest BCUT2D eigenvalue weighted by Crippen LogP contribution is 2.14. The fourth-order valence-corrected chi connectivity index (χ4v) is 1.83. The number of rotatable bonds is 5. The van der Waals surface area contributed by atoms with Crippen molar-refractivity contribution in [3.05, 3.63) is 18.1 Å². The van der Waals surface area contributed by atoms with Crippen molar-refractivity contribution in [2.24, 2.45) is 5.84 Å². The number of nitrogens with zero attached hydrogens (tertiary/aromatic N) is 2. The van der Waals surface area contributed by atoms with Crippen LogP contribution in [-0.4, -0.2) is 35.1 Å². The number of carbonyl (C=O) groups excluding carboxylic acids is 1. The van der Waals surface area contributed by atoms with Gasteiger partial charge in [0.25, 0.3) is 5.91 Å². The lowest BCUT2D eigenvalue weighted by atomic mass is 10.2. The average molecular weight is 251 g/mol. The number of amides is 1. The minimum absolute atomic E-state index is 0.232. The lowest BCUT2D eigenvalue weighted by Crippen LogP contribution is -2.28. The summed E-state index contributed by atoms with van der Waals surface area (Å²) in [5.41, 5.74) is 2.63. The Morgan fingerprint density at radius 3 is 3.00 bits per heavy atom. The van der Waals surface area contributed by atoms with Crippen LogP contribution in [0.2, 0.25) is 0 Å². The predicted octanol–water partition coefficient (Wildman–Crippen LogP) is 0.0611. The standard InChI is InChI=1S/C11H17N5O2/c12-16-10-7-14-9(6-15-10)11(17)13-4-3-8-2-1-5-18-8/h6-8H,1-5,12H2,(H,13,17)(H,15,16). The lowest BCUT2D eigenvalue weighted by Gasteiger charge is -2.09. The van der Waals surface area contributed by atoms with Gasteiger partial charge in [0.1, 0.15) is 5.69 Å². The fourth-order valence-electron chi connectivity index (χ4n) is 1.83. The molecular weight excluding hydrogens is 234 g/mol. The van der Waals surface area contributed by atoms with Gasteiger partial charge < -0.3 is 15.5 Å². The van der Waals surface area contributed by atoms with Crippen LogP contribution in [0.15, 0.2) is 12.4 Å². The minimum Gasteiger partial charge on any atom is -0.378 e. The molecule has 1 saturated heterocycles. The van der Waals surface area contributed by atoms with E-state index in [0.29, 0.717) is 12.4 Å². The normalized spacial score (nSPS) is 18.6. The van der Waals surface area contributed by atoms with E-state index in [1.165, 1.54) is 12.4 Å². The van der Waals surface area contributed by atoms with Gasteiger partial charge in [0.2, 0.25) is 0 Å². The Kier molecular flexibility index (Phi) is 4.43. The van der Waals surface area contributed by atoms with Gasteiger partial charge in [0, 0.05) is 13.2 Å². The maximum Gasteiger partial charge on any atom is 0.271 e. The summed E-state index contributed by atoms with van der Waals surface area (Å²) in [5.74, 6) is 5.35. The topological polar surface area (TPSA) is 102 Å². The smallest absolute Gasteiger partial charge is 0.271 e. The largest absolute Gasteiger partial charge is 0.378 e. The van der Waals surface area contributed by atoms with E-state index in [9.17, 15) is 4.79 Å². The Morgan fingerprint density at radius 1 is 1.50 bits per heavy atom. The first kappa shape index (κ1) is 12.7. The second-order valence-electron chi connectivity index (χ2n) is 4.11. The van der Waals surface area contributed by atoms with Crippen LogP contribution in [0.3, 0.4) is 0 Å². The maximum atomic E-state index is 11.7. The minimum atomic E-state index is -0.232. The molecule has 1 aromatic heterocycles. The van der Waals surface area contributed by atoms with Crippen LogP contribution in [0, 0.1) is 0 Å². The van der Waals surface area contributed by atoms with Crippen LogP contribution in [0.5, 0.6) is 0 Å². The maximum absolute atomic E-state index is 11.7. The quantitative estimate of drug-likeness (QED) is 0.505. The number of hydrogen-bond donors (Lipinski definition) is 3. The summed E-state index contributed by atoms with van der Waals surface area (Å²) in [6, 6.07) is 0. The summed E-state index contributed by atoms with van der Waals surface area (Å²) in [5, 5.41) is 2.79. The van der Waals surface area contributed by atoms with E-state index in [1.54, 1.807) is 0 Å². The summed E-state index contributed by atoms with van der Waals surface area (Å²) in [6.07, 6.45) is 6.09. The van der Waals surface area contributed by atoms with E-state index in [-0.39, 0.29) is 17.7 Å². The molecule has 1 aromatic rings. The SMILES string of the molecule is NNc1cnc(C(=O)NCCC2CCCO2)cn1. The Hall–Kier alpha value is -1.73. The molecule has 1 aliphatic heterocycles. The number of hydrazine groups is 1. The number of hydrogen-bond acceptors (Lipinski definition) is 6. The van der Waals surface area contributed by atoms with Gasteiger partial charge in [-0.1, -0.05) is 0 Å². The Labute approximate surface area is 105 Å². The molecule has 0 saturated carbocycles. The van der Waals surface area contributed by atoms with Gasteiger partial charge in [0.15, 0.2) is 5.82 Å². The van der Waals surface area contributed by atoms with E-state index in [2.05, 4.69) is 20.7 Å². The molecule has 4 N–H and O–H groups in total. The van der Waals surface area contributed by atoms with Crippen LogP contribution in [0.4, 0.5) is 5.82 Å². The van der Waals surface area contributed by atoms with Crippen molar-refractivity contribution in [3.8, 4) is 0 Å². The molecule has 98 valence electrons. The van der Waals surface area contributed by atoms with Crippen molar-refractivity contribution in [2.45, 2.75) is 25.4 Å². The number of ether oxygens (including phenoxy) is 1. The highest BCUT2D eigenvalue weighted by atomic mass is 16.5. The van der Waals surface area contributed by atoms with Crippen LogP contribution >= 0.6 is 0 Å². The van der Waals surface area contributed by atoms with Gasteiger partial charge >= 0.3 is 0 Å². The van der Waals surface area contributed by atoms with Crippen LogP contribution in [0.1, 0.15) is 29.8 Å². The van der Waals surface area contributed by atoms with Crippen molar-refractivity contribution in [2.75, 3.05) is 18.6 Å². The molecule has 2 rings (SSSR count). The zero-order chi connectivity index (χ0) is 12.8. The second kappa shape index (κ2) is 6.27. The van der Waals surface area contributed by atoms with Crippen LogP contribution in [-0.2, 0) is 4.74 Å². The molecule has 1 atom stereocenters. The molecule has 18 heavy (non-hydrogen) atoms. The highest BCUT2D eigenvalue weighted by Gasteiger charge is 2.15. The monoisotopic (exact) mass is 251 g/mol. The predicted molar refractivity (Wildman–Crippen MR) is 65.8 cm³/mol. The van der Waals surface area contributed by atoms with E-state index in [1.807, 2.05) is 0 Å². The first-order valence-electron chi connectivity index (χ1n) is 5.98. The number of nitrogen functional groups attached to an aromatic ring is 1. The molecule has 1 fully saturated rings. The lowest BCUT2D eigenvalue weighted by molar-refractivity contribution is 0.0903. The Morgan fingerprint density at radius 2 is 2.39 bits per heavy atom. The van der Waals surface area contributed by atoms with Gasteiger partial charge in [-0.15, -0.1) is 0 Å². The molecule has 0 aliphatic carbocycles. The van der Waals surface area contributed by atoms with Crippen LogP contribution < -0.4 is 16.6 Å². The summed E-state index contributed by atoms with van der Waals surface area (Å²) in [6.45, 7) is 1.42. The zero-order valence-electron chi connectivity index (χ0n) is 10.1. The third kappa shape index (κ3) is 3.38. The summed E-state index contributed by atoms with van der Waals surface area (Å²) in [7, 11) is 0. The first-order chi connectivity index (χ1) is 8.79. The molecule has 7 nitrogen and oxygen atoms in total. The Balaban J connectivity index is 1.76. The van der Waals surface area contributed by atoms with E-state index < -0.39 is 0 Å². The van der Waals surface area contributed by atoms with Gasteiger partial charge in [-0.3, -0.25) is 4.79 Å². The van der Waals surface area contributed by atoms with Crippen molar-refractivity contribution in [1.29, 1.82) is 0 Å². The molecule has 0 aromatic carbocycles. The van der Waals surface area contributed by atoms with E-state index in [0.717, 1.165) is 25.9 Å². The van der Waals surface area contributed by atoms with Gasteiger partial charge in [-0.05, 0) is 19.3 Å². The van der Waals surface area contributed by atoms with Crippen molar-refractivity contribution in [3.63, 3.8) is 0 Å². The molecule has 1 aliphatic rings. The summed E-state index contributed by atoms with van der Waals surface area (Å²) >= 11 is 0. The molecule has 7 heteroatoms. The average Bonchev–Trinajstić information content (AvgIpc) is 2.92. The molecule has 0 bridgehead atoms. The van der Waals surface area contributed by atoms with Crippen LogP contribution in [0.25, 0.3) is 0 Å². The molecule has 0 spiro atoms. The number of anilines is 1. The Bertz CT molecular complexity index is 389. The van der Waals surface area contributed by atoms with Crippen molar-refractivity contribution >= 4 is 11.7 Å². The number of nitrogens with two attached hydrogens (primary N) is 1. The van der Waals surface area contributed by atoms with Gasteiger partial charge in [-0.25, -0.2) is 15.8 Å². The molecule has 0 radical (unpaired) electrons. The molecule has 2 heterocycles. The first-order valence-corrected chi connectivity index (χ1v) is 5.98. The number of aromatic nitrogens is 2. The number of nitrogens with one attached hydrogen (secondary N) is 2. The van der Waals surface area contributed by atoms with Crippen molar-refractivity contribution in [1.82, 2.24) is 15.3 Å². The third-order valence-electron chi connectivity index (χ3n) is 2.81.